The van der Waals surface area contributed by atoms with Gasteiger partial charge in [-0.3, -0.25) is 15.2 Å². The monoisotopic (exact) mass is 473 g/mol. The molecule has 3 aromatic rings. The third-order valence-electron chi connectivity index (χ3n) is 4.87. The molecule has 1 aromatic heterocycles. The second kappa shape index (κ2) is 9.01. The Bertz CT molecular complexity index is 1340. The van der Waals surface area contributed by atoms with Gasteiger partial charge in [-0.05, 0) is 53.2 Å². The van der Waals surface area contributed by atoms with E-state index in [-0.39, 0.29) is 11.4 Å². The zero-order chi connectivity index (χ0) is 22.8. The summed E-state index contributed by atoms with van der Waals surface area (Å²) in [5.74, 6) is -0.00601. The molecule has 7 nitrogen and oxygen atoms in total. The molecule has 5 rings (SSSR count). The van der Waals surface area contributed by atoms with Crippen molar-refractivity contribution in [2.24, 2.45) is 10.1 Å². The molecule has 0 atom stereocenters. The van der Waals surface area contributed by atoms with Crippen LogP contribution >= 0.6 is 23.4 Å². The maximum absolute atomic E-state index is 12.6. The van der Waals surface area contributed by atoms with E-state index in [0.29, 0.717) is 33.2 Å². The van der Waals surface area contributed by atoms with Gasteiger partial charge in [0.2, 0.25) is 5.17 Å². The van der Waals surface area contributed by atoms with E-state index in [0.717, 1.165) is 11.1 Å². The van der Waals surface area contributed by atoms with E-state index in [1.807, 2.05) is 36.4 Å². The van der Waals surface area contributed by atoms with Crippen LogP contribution in [-0.4, -0.2) is 31.9 Å². The number of aromatic nitrogens is 1. The molecule has 0 spiro atoms. The molecule has 3 heterocycles. The number of rotatable bonds is 5. The highest BCUT2D eigenvalue weighted by atomic mass is 35.5. The first-order valence-corrected chi connectivity index (χ1v) is 11.1. The van der Waals surface area contributed by atoms with Crippen LogP contribution in [0.1, 0.15) is 16.7 Å². The normalized spacial score (nSPS) is 16.5. The molecule has 0 saturated carbocycles. The maximum atomic E-state index is 12.6. The summed E-state index contributed by atoms with van der Waals surface area (Å²) in [4.78, 5) is 20.9. The molecule has 0 unspecified atom stereocenters. The molecule has 0 aliphatic carbocycles. The van der Waals surface area contributed by atoms with Crippen LogP contribution in [0.15, 0.2) is 88.7 Å². The lowest BCUT2D eigenvalue weighted by molar-refractivity contribution is -0.114. The molecule has 0 radical (unpaired) electrons. The first kappa shape index (κ1) is 21.1. The summed E-state index contributed by atoms with van der Waals surface area (Å²) in [5.41, 5.74) is 2.61. The predicted octanol–water partition coefficient (Wildman–Crippen LogP) is 4.98. The Labute approximate surface area is 199 Å². The third-order valence-corrected chi connectivity index (χ3v) is 6.12. The summed E-state index contributed by atoms with van der Waals surface area (Å²) in [6.07, 6.45) is 4.93. The van der Waals surface area contributed by atoms with Crippen LogP contribution in [-0.2, 0) is 11.4 Å². The molecule has 1 N–H and O–H groups in total. The Morgan fingerprint density at radius 1 is 1.12 bits per heavy atom. The van der Waals surface area contributed by atoms with Crippen LogP contribution in [0.2, 0.25) is 5.02 Å². The number of benzene rings is 2. The number of nitrogens with one attached hydrogen (secondary N) is 1. The van der Waals surface area contributed by atoms with Crippen molar-refractivity contribution in [1.82, 2.24) is 9.99 Å². The van der Waals surface area contributed by atoms with Gasteiger partial charge in [-0.25, -0.2) is 0 Å². The van der Waals surface area contributed by atoms with E-state index < -0.39 is 5.91 Å². The maximum Gasteiger partial charge on any atom is 0.283 e. The minimum Gasteiger partial charge on any atom is -0.487 e. The highest BCUT2D eigenvalue weighted by Gasteiger charge is 2.36. The number of hydrogen-bond donors (Lipinski definition) is 1. The number of hydrazone groups is 1. The summed E-state index contributed by atoms with van der Waals surface area (Å²) >= 11 is 7.63. The lowest BCUT2D eigenvalue weighted by Gasteiger charge is -2.20. The highest BCUT2D eigenvalue weighted by molar-refractivity contribution is 8.27. The van der Waals surface area contributed by atoms with Gasteiger partial charge in [-0.2, -0.15) is 15.1 Å². The first-order valence-electron chi connectivity index (χ1n) is 9.95. The summed E-state index contributed by atoms with van der Waals surface area (Å²) < 4.78 is 5.80. The Hall–Kier alpha value is -3.75. The molecule has 1 amide bonds. The second-order valence-corrected chi connectivity index (χ2v) is 8.49. The van der Waals surface area contributed by atoms with E-state index in [1.165, 1.54) is 16.8 Å². The standard InChI is InChI=1S/C24H16ClN5O2S/c25-19-12-16(8-9-20(19)32-14-15-5-2-1-3-6-15)11-18-21(26)30-24(28-22(18)31)33-23(29-30)17-7-4-10-27-13-17/h1-13,26H,14H2. The molecule has 2 aromatic carbocycles. The lowest BCUT2D eigenvalue weighted by atomic mass is 10.1. The number of aliphatic imine (C=N–C) groups is 1. The van der Waals surface area contributed by atoms with Gasteiger partial charge in [0.25, 0.3) is 5.91 Å². The number of carbonyl (C=O) groups is 1. The molecular weight excluding hydrogens is 458 g/mol. The number of halogens is 1. The minimum absolute atomic E-state index is 0.0445. The van der Waals surface area contributed by atoms with Crippen LogP contribution in [0.5, 0.6) is 5.75 Å². The highest BCUT2D eigenvalue weighted by Crippen LogP contribution is 2.32. The van der Waals surface area contributed by atoms with E-state index in [1.54, 1.807) is 42.7 Å². The van der Waals surface area contributed by atoms with Gasteiger partial charge < -0.3 is 4.74 Å². The molecule has 33 heavy (non-hydrogen) atoms. The van der Waals surface area contributed by atoms with Crippen molar-refractivity contribution in [3.8, 4) is 5.75 Å². The number of carbonyl (C=O) groups excluding carboxylic acids is 1. The van der Waals surface area contributed by atoms with Crippen molar-refractivity contribution < 1.29 is 9.53 Å². The molecule has 0 fully saturated rings. The predicted molar refractivity (Wildman–Crippen MR) is 131 cm³/mol. The van der Waals surface area contributed by atoms with Crippen LogP contribution in [0.25, 0.3) is 6.08 Å². The average molecular weight is 474 g/mol. The summed E-state index contributed by atoms with van der Waals surface area (Å²) in [7, 11) is 0. The van der Waals surface area contributed by atoms with Gasteiger partial charge >= 0.3 is 0 Å². The van der Waals surface area contributed by atoms with E-state index in [9.17, 15) is 4.79 Å². The van der Waals surface area contributed by atoms with Gasteiger partial charge in [-0.1, -0.05) is 48.0 Å². The third kappa shape index (κ3) is 4.44. The van der Waals surface area contributed by atoms with Crippen LogP contribution in [0, 0.1) is 5.41 Å². The Morgan fingerprint density at radius 3 is 2.73 bits per heavy atom. The van der Waals surface area contributed by atoms with E-state index in [2.05, 4.69) is 15.1 Å². The van der Waals surface area contributed by atoms with Gasteiger partial charge in [0.05, 0.1) is 10.6 Å². The lowest BCUT2D eigenvalue weighted by Crippen LogP contribution is -2.35. The second-order valence-electron chi connectivity index (χ2n) is 7.13. The fraction of sp³-hybridized carbons (Fsp3) is 0.0417. The van der Waals surface area contributed by atoms with Gasteiger partial charge in [0.1, 0.15) is 17.4 Å². The van der Waals surface area contributed by atoms with Crippen molar-refractivity contribution in [1.29, 1.82) is 5.41 Å². The number of amidine groups is 2. The van der Waals surface area contributed by atoms with Gasteiger partial charge in [0, 0.05) is 18.0 Å². The van der Waals surface area contributed by atoms with E-state index in [4.69, 9.17) is 21.7 Å². The Morgan fingerprint density at radius 2 is 1.97 bits per heavy atom. The van der Waals surface area contributed by atoms with Crippen molar-refractivity contribution in [3.05, 3.63) is 100 Å². The van der Waals surface area contributed by atoms with Gasteiger partial charge in [0.15, 0.2) is 5.84 Å². The van der Waals surface area contributed by atoms with Crippen LogP contribution < -0.4 is 4.74 Å². The SMILES string of the molecule is N=C1C(=Cc2ccc(OCc3ccccc3)c(Cl)c2)C(=O)N=C2SC(c3cccnc3)=NN12. The van der Waals surface area contributed by atoms with E-state index >= 15 is 0 Å². The zero-order valence-electron chi connectivity index (χ0n) is 17.1. The average Bonchev–Trinajstić information content (AvgIpc) is 3.27. The smallest absolute Gasteiger partial charge is 0.283 e. The molecular formula is C24H16ClN5O2S. The van der Waals surface area contributed by atoms with Crippen molar-refractivity contribution in [2.45, 2.75) is 6.61 Å². The number of hydrogen-bond acceptors (Lipinski definition) is 6. The van der Waals surface area contributed by atoms with Crippen LogP contribution in [0.4, 0.5) is 0 Å². The number of amides is 1. The quantitative estimate of drug-likeness (QED) is 0.527. The summed E-state index contributed by atoms with van der Waals surface area (Å²) in [6, 6.07) is 18.7. The van der Waals surface area contributed by atoms with Crippen molar-refractivity contribution >= 4 is 51.4 Å². The van der Waals surface area contributed by atoms with Crippen LogP contribution in [0.3, 0.4) is 0 Å². The van der Waals surface area contributed by atoms with Gasteiger partial charge in [-0.15, -0.1) is 0 Å². The number of ether oxygens (including phenoxy) is 1. The topological polar surface area (TPSA) is 91.0 Å². The largest absolute Gasteiger partial charge is 0.487 e. The summed E-state index contributed by atoms with van der Waals surface area (Å²) in [6.45, 7) is 0.394. The zero-order valence-corrected chi connectivity index (χ0v) is 18.7. The van der Waals surface area contributed by atoms with Crippen molar-refractivity contribution in [2.75, 3.05) is 0 Å². The fourth-order valence-electron chi connectivity index (χ4n) is 3.22. The minimum atomic E-state index is -0.498. The molecule has 2 aliphatic rings. The number of pyridine rings is 1. The number of fused-ring (bicyclic) bond motifs is 1. The number of thioether (sulfide) groups is 1. The Balaban J connectivity index is 1.36. The molecule has 0 saturated heterocycles. The molecule has 2 aliphatic heterocycles. The number of nitrogens with zero attached hydrogens (tertiary/aromatic N) is 4. The van der Waals surface area contributed by atoms with Crippen molar-refractivity contribution in [3.63, 3.8) is 0 Å². The fourth-order valence-corrected chi connectivity index (χ4v) is 4.35. The summed E-state index contributed by atoms with van der Waals surface area (Å²) in [5, 5.41) is 15.7. The Kier molecular flexibility index (Phi) is 5.77. The molecule has 9 heteroatoms. The molecule has 162 valence electrons. The first-order chi connectivity index (χ1) is 16.1. The molecule has 0 bridgehead atoms.